The lowest BCUT2D eigenvalue weighted by molar-refractivity contribution is 0.340. The lowest BCUT2D eigenvalue weighted by Crippen LogP contribution is -2.01. The maximum atomic E-state index is 6.23. The van der Waals surface area contributed by atoms with E-state index in [1.807, 2.05) is 31.2 Å². The van der Waals surface area contributed by atoms with Gasteiger partial charge in [0.2, 0.25) is 0 Å². The summed E-state index contributed by atoms with van der Waals surface area (Å²) in [5.74, 6) is 1.24. The van der Waals surface area contributed by atoms with Crippen LogP contribution in [-0.2, 0) is 6.54 Å². The molecule has 0 radical (unpaired) electrons. The zero-order valence-electron chi connectivity index (χ0n) is 13.5. The summed E-state index contributed by atoms with van der Waals surface area (Å²) in [7, 11) is 0. The quantitative estimate of drug-likeness (QED) is 0.515. The predicted molar refractivity (Wildman–Crippen MR) is 107 cm³/mol. The summed E-state index contributed by atoms with van der Waals surface area (Å²) >= 11 is 23.5. The van der Waals surface area contributed by atoms with E-state index < -0.39 is 0 Å². The molecular weight excluding hydrogens is 404 g/mol. The molecule has 0 unspecified atom stereocenters. The number of ether oxygens (including phenoxy) is 2. The lowest BCUT2D eigenvalue weighted by Gasteiger charge is -2.12. The second-order valence-corrected chi connectivity index (χ2v) is 6.83. The topological polar surface area (TPSA) is 30.5 Å². The Kier molecular flexibility index (Phi) is 8.04. The molecule has 0 bridgehead atoms. The summed E-state index contributed by atoms with van der Waals surface area (Å²) in [6.07, 6.45) is 1.51. The number of halogens is 4. The fourth-order valence-corrected chi connectivity index (χ4v) is 2.78. The number of anilines is 1. The molecule has 0 spiro atoms. The Bertz CT molecular complexity index is 705. The molecule has 0 heterocycles. The standard InChI is InChI=1S/C18H17Cl4NO2/c1-2-24-14-5-3-12(4-6-14)11-23-13-9-15(19)18(16(20)10-13)25-8-7-17(21)22/h3-7,9-10,23H,2,8,11H2,1H3. The number of hydrogen-bond donors (Lipinski definition) is 1. The molecule has 3 nitrogen and oxygen atoms in total. The summed E-state index contributed by atoms with van der Waals surface area (Å²) in [6.45, 7) is 3.41. The van der Waals surface area contributed by atoms with E-state index in [0.717, 1.165) is 17.0 Å². The van der Waals surface area contributed by atoms with Crippen LogP contribution in [0.5, 0.6) is 11.5 Å². The van der Waals surface area contributed by atoms with Crippen molar-refractivity contribution < 1.29 is 9.47 Å². The van der Waals surface area contributed by atoms with Gasteiger partial charge in [0.05, 0.1) is 16.7 Å². The Morgan fingerprint density at radius 1 is 1.04 bits per heavy atom. The van der Waals surface area contributed by atoms with Crippen LogP contribution in [-0.4, -0.2) is 13.2 Å². The van der Waals surface area contributed by atoms with Crippen LogP contribution in [0.2, 0.25) is 10.0 Å². The first-order chi connectivity index (χ1) is 12.0. The van der Waals surface area contributed by atoms with Gasteiger partial charge in [-0.2, -0.15) is 0 Å². The van der Waals surface area contributed by atoms with Gasteiger partial charge in [-0.05, 0) is 42.8 Å². The average Bonchev–Trinajstić information content (AvgIpc) is 2.57. The van der Waals surface area contributed by atoms with Gasteiger partial charge in [-0.15, -0.1) is 0 Å². The monoisotopic (exact) mass is 419 g/mol. The highest BCUT2D eigenvalue weighted by Crippen LogP contribution is 2.36. The van der Waals surface area contributed by atoms with Gasteiger partial charge in [-0.3, -0.25) is 0 Å². The van der Waals surface area contributed by atoms with Crippen molar-refractivity contribution in [2.24, 2.45) is 0 Å². The molecule has 134 valence electrons. The zero-order chi connectivity index (χ0) is 18.2. The van der Waals surface area contributed by atoms with Crippen molar-refractivity contribution >= 4 is 52.1 Å². The van der Waals surface area contributed by atoms with Crippen molar-refractivity contribution in [2.45, 2.75) is 13.5 Å². The first-order valence-corrected chi connectivity index (χ1v) is 9.09. The van der Waals surface area contributed by atoms with E-state index in [-0.39, 0.29) is 11.1 Å². The molecule has 25 heavy (non-hydrogen) atoms. The molecule has 1 N–H and O–H groups in total. The Morgan fingerprint density at radius 2 is 1.68 bits per heavy atom. The smallest absolute Gasteiger partial charge is 0.157 e. The van der Waals surface area contributed by atoms with Crippen LogP contribution in [0.1, 0.15) is 12.5 Å². The number of nitrogens with one attached hydrogen (secondary N) is 1. The minimum atomic E-state index is 0.126. The molecule has 2 rings (SSSR count). The highest BCUT2D eigenvalue weighted by Gasteiger charge is 2.09. The van der Waals surface area contributed by atoms with Crippen LogP contribution in [0, 0.1) is 0 Å². The van der Waals surface area contributed by atoms with Crippen molar-refractivity contribution in [3.63, 3.8) is 0 Å². The largest absolute Gasteiger partial charge is 0.494 e. The first-order valence-electron chi connectivity index (χ1n) is 7.58. The maximum Gasteiger partial charge on any atom is 0.157 e. The zero-order valence-corrected chi connectivity index (χ0v) is 16.5. The number of rotatable bonds is 8. The van der Waals surface area contributed by atoms with E-state index in [2.05, 4.69) is 5.32 Å². The number of hydrogen-bond acceptors (Lipinski definition) is 3. The van der Waals surface area contributed by atoms with E-state index >= 15 is 0 Å². The normalized spacial score (nSPS) is 10.3. The highest BCUT2D eigenvalue weighted by atomic mass is 35.5. The third-order valence-corrected chi connectivity index (χ3v) is 4.06. The maximum absolute atomic E-state index is 6.23. The van der Waals surface area contributed by atoms with Gasteiger partial charge < -0.3 is 14.8 Å². The third-order valence-electron chi connectivity index (χ3n) is 3.19. The molecule has 0 aliphatic rings. The summed E-state index contributed by atoms with van der Waals surface area (Å²) in [5, 5.41) is 4.08. The van der Waals surface area contributed by atoms with E-state index in [4.69, 9.17) is 55.9 Å². The van der Waals surface area contributed by atoms with E-state index in [1.165, 1.54) is 6.08 Å². The Morgan fingerprint density at radius 3 is 2.24 bits per heavy atom. The van der Waals surface area contributed by atoms with Crippen LogP contribution in [0.4, 0.5) is 5.69 Å². The fourth-order valence-electron chi connectivity index (χ4n) is 2.06. The SMILES string of the molecule is CCOc1ccc(CNc2cc(Cl)c(OCC=C(Cl)Cl)c(Cl)c2)cc1. The molecule has 0 aliphatic carbocycles. The van der Waals surface area contributed by atoms with Crippen LogP contribution < -0.4 is 14.8 Å². The third kappa shape index (κ3) is 6.52. The molecule has 2 aromatic carbocycles. The van der Waals surface area contributed by atoms with Crippen LogP contribution in [0.25, 0.3) is 0 Å². The summed E-state index contributed by atoms with van der Waals surface area (Å²) in [5.41, 5.74) is 1.90. The van der Waals surface area contributed by atoms with Crippen molar-refractivity contribution in [1.29, 1.82) is 0 Å². The van der Waals surface area contributed by atoms with E-state index in [1.54, 1.807) is 12.1 Å². The van der Waals surface area contributed by atoms with Crippen LogP contribution >= 0.6 is 46.4 Å². The van der Waals surface area contributed by atoms with Gasteiger partial charge in [0.15, 0.2) is 5.75 Å². The van der Waals surface area contributed by atoms with Crippen molar-refractivity contribution in [2.75, 3.05) is 18.5 Å². The minimum absolute atomic E-state index is 0.126. The molecule has 0 amide bonds. The van der Waals surface area contributed by atoms with Gasteiger partial charge in [-0.1, -0.05) is 58.5 Å². The molecule has 0 saturated heterocycles. The minimum Gasteiger partial charge on any atom is -0.494 e. The highest BCUT2D eigenvalue weighted by molar-refractivity contribution is 6.55. The molecule has 0 saturated carbocycles. The summed E-state index contributed by atoms with van der Waals surface area (Å²) in [4.78, 5) is 0. The molecule has 7 heteroatoms. The Labute approximate surface area is 167 Å². The molecule has 0 aromatic heterocycles. The lowest BCUT2D eigenvalue weighted by atomic mass is 10.2. The van der Waals surface area contributed by atoms with Gasteiger partial charge in [0.25, 0.3) is 0 Å². The molecular formula is C18H17Cl4NO2. The van der Waals surface area contributed by atoms with Crippen molar-refractivity contribution in [1.82, 2.24) is 0 Å². The van der Waals surface area contributed by atoms with E-state index in [9.17, 15) is 0 Å². The van der Waals surface area contributed by atoms with Gasteiger partial charge in [-0.25, -0.2) is 0 Å². The molecule has 2 aromatic rings. The van der Waals surface area contributed by atoms with Crippen LogP contribution in [0.15, 0.2) is 47.0 Å². The second-order valence-electron chi connectivity index (χ2n) is 5.00. The summed E-state index contributed by atoms with van der Waals surface area (Å²) < 4.78 is 11.0. The van der Waals surface area contributed by atoms with Gasteiger partial charge >= 0.3 is 0 Å². The summed E-state index contributed by atoms with van der Waals surface area (Å²) in [6, 6.07) is 11.4. The Balaban J connectivity index is 1.99. The van der Waals surface area contributed by atoms with Gasteiger partial charge in [0, 0.05) is 12.2 Å². The molecule has 0 aliphatic heterocycles. The average molecular weight is 421 g/mol. The first kappa shape index (κ1) is 20.1. The van der Waals surface area contributed by atoms with Crippen LogP contribution in [0.3, 0.4) is 0 Å². The Hall–Kier alpha value is -1.26. The molecule has 0 atom stereocenters. The van der Waals surface area contributed by atoms with Crippen molar-refractivity contribution in [3.05, 3.63) is 62.6 Å². The second kappa shape index (κ2) is 10.0. The van der Waals surface area contributed by atoms with Crippen molar-refractivity contribution in [3.8, 4) is 11.5 Å². The predicted octanol–water partition coefficient (Wildman–Crippen LogP) is 6.70. The molecule has 0 fully saturated rings. The number of benzene rings is 2. The van der Waals surface area contributed by atoms with Gasteiger partial charge in [0.1, 0.15) is 16.8 Å². The van der Waals surface area contributed by atoms with E-state index in [0.29, 0.717) is 28.9 Å². The fraction of sp³-hybridized carbons (Fsp3) is 0.222.